The van der Waals surface area contributed by atoms with Crippen LogP contribution in [0.5, 0.6) is 11.5 Å². The molecule has 2 N–H and O–H groups in total. The number of carbonyl (C=O) groups excluding carboxylic acids is 2. The largest absolute Gasteiger partial charge is 0.454 e. The summed E-state index contributed by atoms with van der Waals surface area (Å²) in [6, 6.07) is 11.1. The quantitative estimate of drug-likeness (QED) is 0.818. The van der Waals surface area contributed by atoms with Crippen molar-refractivity contribution in [3.05, 3.63) is 58.3 Å². The van der Waals surface area contributed by atoms with Crippen LogP contribution >= 0.6 is 15.9 Å². The molecule has 26 heavy (non-hydrogen) atoms. The van der Waals surface area contributed by atoms with E-state index in [9.17, 15) is 14.0 Å². The second-order valence-corrected chi connectivity index (χ2v) is 7.11. The van der Waals surface area contributed by atoms with E-state index >= 15 is 0 Å². The molecule has 0 aliphatic carbocycles. The maximum absolute atomic E-state index is 14.4. The van der Waals surface area contributed by atoms with Crippen molar-refractivity contribution in [3.8, 4) is 11.5 Å². The van der Waals surface area contributed by atoms with Gasteiger partial charge in [-0.25, -0.2) is 4.39 Å². The number of ether oxygens (including phenoxy) is 1. The van der Waals surface area contributed by atoms with Crippen molar-refractivity contribution in [3.63, 3.8) is 0 Å². The van der Waals surface area contributed by atoms with Crippen molar-refractivity contribution in [1.29, 1.82) is 0 Å². The minimum atomic E-state index is -0.623. The number of likely N-dealkylation sites (tertiary alicyclic amines) is 1. The van der Waals surface area contributed by atoms with Crippen LogP contribution in [0.25, 0.3) is 0 Å². The summed E-state index contributed by atoms with van der Waals surface area (Å²) < 4.78 is 20.8. The van der Waals surface area contributed by atoms with Gasteiger partial charge in [0, 0.05) is 23.1 Å². The van der Waals surface area contributed by atoms with Crippen molar-refractivity contribution >= 4 is 27.7 Å². The molecular weight excluding hydrogens is 403 g/mol. The highest BCUT2D eigenvalue weighted by Crippen LogP contribution is 2.27. The number of piperidine rings is 1. The maximum Gasteiger partial charge on any atom is 0.253 e. The van der Waals surface area contributed by atoms with Crippen LogP contribution in [0.1, 0.15) is 23.2 Å². The molecule has 2 aromatic carbocycles. The molecule has 0 radical (unpaired) electrons. The van der Waals surface area contributed by atoms with Crippen molar-refractivity contribution in [2.45, 2.75) is 12.8 Å². The molecule has 3 rings (SSSR count). The van der Waals surface area contributed by atoms with Crippen LogP contribution in [-0.2, 0) is 4.79 Å². The normalized spacial score (nSPS) is 17.0. The lowest BCUT2D eigenvalue weighted by atomic mass is 9.97. The summed E-state index contributed by atoms with van der Waals surface area (Å²) in [5, 5.41) is 0. The third-order valence-electron chi connectivity index (χ3n) is 4.33. The van der Waals surface area contributed by atoms with Crippen LogP contribution in [0, 0.1) is 11.7 Å². The molecule has 0 unspecified atom stereocenters. The second kappa shape index (κ2) is 7.86. The average molecular weight is 421 g/mol. The molecule has 2 amide bonds. The van der Waals surface area contributed by atoms with E-state index in [2.05, 4.69) is 15.9 Å². The molecular formula is C19H18BrFN2O3. The zero-order valence-corrected chi connectivity index (χ0v) is 15.5. The molecule has 1 atom stereocenters. The maximum atomic E-state index is 14.4. The zero-order chi connectivity index (χ0) is 18.7. The standard InChI is InChI=1S/C19H18BrFN2O3/c20-14-4-6-15(7-5-14)26-17-8-3-12(10-16(17)21)19(25)23-9-1-2-13(11-23)18(22)24/h3-8,10,13H,1-2,9,11H2,(H2,22,24)/t13-/m0/s1. The van der Waals surface area contributed by atoms with Crippen molar-refractivity contribution < 1.29 is 18.7 Å². The summed E-state index contributed by atoms with van der Waals surface area (Å²) >= 11 is 3.32. The minimum Gasteiger partial charge on any atom is -0.454 e. The highest BCUT2D eigenvalue weighted by atomic mass is 79.9. The van der Waals surface area contributed by atoms with Gasteiger partial charge in [-0.2, -0.15) is 0 Å². The lowest BCUT2D eigenvalue weighted by Gasteiger charge is -2.31. The van der Waals surface area contributed by atoms with Gasteiger partial charge in [0.2, 0.25) is 5.91 Å². The van der Waals surface area contributed by atoms with E-state index in [1.165, 1.54) is 12.1 Å². The highest BCUT2D eigenvalue weighted by molar-refractivity contribution is 9.10. The Morgan fingerprint density at radius 1 is 1.19 bits per heavy atom. The third-order valence-corrected chi connectivity index (χ3v) is 4.86. The van der Waals surface area contributed by atoms with Crippen LogP contribution in [-0.4, -0.2) is 29.8 Å². The van der Waals surface area contributed by atoms with Crippen LogP contribution in [0.2, 0.25) is 0 Å². The van der Waals surface area contributed by atoms with E-state index < -0.39 is 11.7 Å². The summed E-state index contributed by atoms with van der Waals surface area (Å²) in [5.74, 6) is -1.17. The lowest BCUT2D eigenvalue weighted by molar-refractivity contribution is -0.123. The van der Waals surface area contributed by atoms with Crippen molar-refractivity contribution in [2.75, 3.05) is 13.1 Å². The summed E-state index contributed by atoms with van der Waals surface area (Å²) in [7, 11) is 0. The van der Waals surface area contributed by atoms with Gasteiger partial charge in [-0.3, -0.25) is 9.59 Å². The molecule has 0 bridgehead atoms. The number of hydrogen-bond acceptors (Lipinski definition) is 3. The number of hydrogen-bond donors (Lipinski definition) is 1. The number of halogens is 2. The molecule has 0 aromatic heterocycles. The summed E-state index contributed by atoms with van der Waals surface area (Å²) in [6.07, 6.45) is 1.38. The highest BCUT2D eigenvalue weighted by Gasteiger charge is 2.28. The van der Waals surface area contributed by atoms with Gasteiger partial charge in [0.05, 0.1) is 5.92 Å². The van der Waals surface area contributed by atoms with Gasteiger partial charge in [-0.15, -0.1) is 0 Å². The van der Waals surface area contributed by atoms with Gasteiger partial charge in [0.25, 0.3) is 5.91 Å². The Labute approximate surface area is 159 Å². The van der Waals surface area contributed by atoms with Gasteiger partial charge in [0.1, 0.15) is 5.75 Å². The van der Waals surface area contributed by atoms with E-state index in [0.717, 1.165) is 10.5 Å². The fraction of sp³-hybridized carbons (Fsp3) is 0.263. The van der Waals surface area contributed by atoms with Gasteiger partial charge in [-0.05, 0) is 55.3 Å². The fourth-order valence-corrected chi connectivity index (χ4v) is 3.19. The number of nitrogens with zero attached hydrogens (tertiary/aromatic N) is 1. The van der Waals surface area contributed by atoms with Crippen LogP contribution in [0.15, 0.2) is 46.9 Å². The predicted molar refractivity (Wildman–Crippen MR) is 98.4 cm³/mol. The smallest absolute Gasteiger partial charge is 0.253 e. The van der Waals surface area contributed by atoms with E-state index in [1.54, 1.807) is 29.2 Å². The minimum absolute atomic E-state index is 0.0394. The van der Waals surface area contributed by atoms with E-state index in [-0.39, 0.29) is 29.7 Å². The van der Waals surface area contributed by atoms with Crippen LogP contribution < -0.4 is 10.5 Å². The second-order valence-electron chi connectivity index (χ2n) is 6.19. The summed E-state index contributed by atoms with van der Waals surface area (Å²) in [4.78, 5) is 25.5. The summed E-state index contributed by atoms with van der Waals surface area (Å²) in [5.41, 5.74) is 5.56. The molecule has 1 heterocycles. The Morgan fingerprint density at radius 3 is 2.58 bits per heavy atom. The van der Waals surface area contributed by atoms with Crippen molar-refractivity contribution in [1.82, 2.24) is 4.90 Å². The lowest BCUT2D eigenvalue weighted by Crippen LogP contribution is -2.44. The number of rotatable bonds is 4. The number of nitrogens with two attached hydrogens (primary N) is 1. The van der Waals surface area contributed by atoms with Crippen molar-refractivity contribution in [2.24, 2.45) is 11.7 Å². The molecule has 1 saturated heterocycles. The number of benzene rings is 2. The number of primary amides is 1. The van der Waals surface area contributed by atoms with Gasteiger partial charge < -0.3 is 15.4 Å². The van der Waals surface area contributed by atoms with E-state index in [4.69, 9.17) is 10.5 Å². The first-order valence-electron chi connectivity index (χ1n) is 8.25. The Morgan fingerprint density at radius 2 is 1.92 bits per heavy atom. The molecule has 0 saturated carbocycles. The topological polar surface area (TPSA) is 72.6 Å². The Bertz CT molecular complexity index is 826. The fourth-order valence-electron chi connectivity index (χ4n) is 2.92. The van der Waals surface area contributed by atoms with Crippen LogP contribution in [0.4, 0.5) is 4.39 Å². The average Bonchev–Trinajstić information content (AvgIpc) is 2.64. The number of amides is 2. The Hall–Kier alpha value is -2.41. The molecule has 1 aliphatic heterocycles. The number of carbonyl (C=O) groups is 2. The monoisotopic (exact) mass is 420 g/mol. The summed E-state index contributed by atoms with van der Waals surface area (Å²) in [6.45, 7) is 0.800. The third kappa shape index (κ3) is 4.22. The molecule has 0 spiro atoms. The Balaban J connectivity index is 1.73. The molecule has 2 aromatic rings. The SMILES string of the molecule is NC(=O)[C@H]1CCCN(C(=O)c2ccc(Oc3ccc(Br)cc3)c(F)c2)C1. The van der Waals surface area contributed by atoms with Gasteiger partial charge in [-0.1, -0.05) is 15.9 Å². The molecule has 5 nitrogen and oxygen atoms in total. The predicted octanol–water partition coefficient (Wildman–Crippen LogP) is 3.72. The van der Waals surface area contributed by atoms with Gasteiger partial charge in [0.15, 0.2) is 11.6 Å². The zero-order valence-electron chi connectivity index (χ0n) is 14.0. The molecule has 1 fully saturated rings. The Kier molecular flexibility index (Phi) is 5.56. The van der Waals surface area contributed by atoms with Gasteiger partial charge >= 0.3 is 0 Å². The molecule has 136 valence electrons. The van der Waals surface area contributed by atoms with Crippen LogP contribution in [0.3, 0.4) is 0 Å². The molecule has 7 heteroatoms. The molecule has 1 aliphatic rings. The first-order chi connectivity index (χ1) is 12.4. The first-order valence-corrected chi connectivity index (χ1v) is 9.05. The van der Waals surface area contributed by atoms with E-state index in [0.29, 0.717) is 25.1 Å². The van der Waals surface area contributed by atoms with E-state index in [1.807, 2.05) is 0 Å². The first kappa shape index (κ1) is 18.4.